The van der Waals surface area contributed by atoms with Gasteiger partial charge in [0.2, 0.25) is 5.91 Å². The number of nitriles is 1. The molecule has 0 unspecified atom stereocenters. The van der Waals surface area contributed by atoms with Gasteiger partial charge in [-0.3, -0.25) is 4.79 Å². The van der Waals surface area contributed by atoms with E-state index >= 15 is 0 Å². The second kappa shape index (κ2) is 4.82. The fourth-order valence-electron chi connectivity index (χ4n) is 2.48. The Hall–Kier alpha value is -2.03. The lowest BCUT2D eigenvalue weighted by atomic mass is 9.63. The van der Waals surface area contributed by atoms with Crippen LogP contribution in [0.4, 0.5) is 18.9 Å². The van der Waals surface area contributed by atoms with Gasteiger partial charge in [0.25, 0.3) is 0 Å². The average molecular weight is 282 g/mol. The first-order chi connectivity index (χ1) is 9.27. The van der Waals surface area contributed by atoms with Crippen molar-refractivity contribution in [2.45, 2.75) is 25.9 Å². The maximum atomic E-state index is 12.6. The van der Waals surface area contributed by atoms with Crippen molar-refractivity contribution in [3.63, 3.8) is 0 Å². The molecular formula is C14H13F3N2O. The Balaban J connectivity index is 2.15. The molecule has 1 aliphatic rings. The fourth-order valence-corrected chi connectivity index (χ4v) is 2.48. The number of anilines is 1. The number of alkyl halides is 3. The van der Waals surface area contributed by atoms with Gasteiger partial charge in [-0.05, 0) is 37.0 Å². The minimum Gasteiger partial charge on any atom is -0.325 e. The number of nitrogens with zero attached hydrogens (tertiary/aromatic N) is 1. The Morgan fingerprint density at radius 3 is 2.60 bits per heavy atom. The summed E-state index contributed by atoms with van der Waals surface area (Å²) in [4.78, 5) is 12.0. The second-order valence-electron chi connectivity index (χ2n) is 5.24. The zero-order valence-corrected chi connectivity index (χ0v) is 10.8. The average Bonchev–Trinajstić information content (AvgIpc) is 2.34. The molecule has 1 aliphatic carbocycles. The minimum absolute atomic E-state index is 0.0546. The number of rotatable bonds is 2. The van der Waals surface area contributed by atoms with Crippen molar-refractivity contribution in [1.29, 1.82) is 5.26 Å². The van der Waals surface area contributed by atoms with Crippen LogP contribution in [0, 0.1) is 22.7 Å². The molecule has 0 heterocycles. The van der Waals surface area contributed by atoms with Crippen LogP contribution in [-0.4, -0.2) is 5.91 Å². The first-order valence-electron chi connectivity index (χ1n) is 6.17. The summed E-state index contributed by atoms with van der Waals surface area (Å²) in [6.07, 6.45) is -3.58. The molecule has 1 aromatic rings. The molecule has 0 atom stereocenters. The van der Waals surface area contributed by atoms with E-state index in [1.165, 1.54) is 12.1 Å². The van der Waals surface area contributed by atoms with Crippen LogP contribution in [0.25, 0.3) is 0 Å². The number of carbonyl (C=O) groups excluding carboxylic acids is 1. The van der Waals surface area contributed by atoms with E-state index in [0.29, 0.717) is 12.8 Å². The van der Waals surface area contributed by atoms with E-state index < -0.39 is 23.1 Å². The Kier molecular flexibility index (Phi) is 3.46. The van der Waals surface area contributed by atoms with Crippen LogP contribution in [0.15, 0.2) is 24.3 Å². The first-order valence-corrected chi connectivity index (χ1v) is 6.17. The molecule has 1 fully saturated rings. The molecule has 0 bridgehead atoms. The molecule has 1 aromatic carbocycles. The van der Waals surface area contributed by atoms with Crippen molar-refractivity contribution in [2.24, 2.45) is 11.3 Å². The summed E-state index contributed by atoms with van der Waals surface area (Å²) in [7, 11) is 0. The van der Waals surface area contributed by atoms with Crippen LogP contribution < -0.4 is 5.32 Å². The number of amides is 1. The SMILES string of the molecule is CC1CC(C#N)(C(=O)Nc2cccc(C(F)(F)F)c2)C1. The van der Waals surface area contributed by atoms with Gasteiger partial charge in [0.05, 0.1) is 11.6 Å². The molecule has 0 saturated heterocycles. The summed E-state index contributed by atoms with van der Waals surface area (Å²) in [5.74, 6) is -0.251. The molecule has 1 saturated carbocycles. The predicted molar refractivity (Wildman–Crippen MR) is 66.5 cm³/mol. The normalized spacial score (nSPS) is 25.4. The number of hydrogen-bond donors (Lipinski definition) is 1. The van der Waals surface area contributed by atoms with Crippen LogP contribution >= 0.6 is 0 Å². The molecule has 0 aromatic heterocycles. The molecule has 0 spiro atoms. The number of nitrogens with one attached hydrogen (secondary N) is 1. The Morgan fingerprint density at radius 1 is 1.45 bits per heavy atom. The van der Waals surface area contributed by atoms with E-state index in [9.17, 15) is 18.0 Å². The highest BCUT2D eigenvalue weighted by molar-refractivity contribution is 5.98. The fraction of sp³-hybridized carbons (Fsp3) is 0.429. The number of benzene rings is 1. The van der Waals surface area contributed by atoms with Gasteiger partial charge in [0.15, 0.2) is 0 Å². The number of hydrogen-bond acceptors (Lipinski definition) is 2. The minimum atomic E-state index is -4.46. The van der Waals surface area contributed by atoms with Crippen molar-refractivity contribution in [3.8, 4) is 6.07 Å². The summed E-state index contributed by atoms with van der Waals surface area (Å²) in [6, 6.07) is 6.37. The lowest BCUT2D eigenvalue weighted by Gasteiger charge is -2.39. The second-order valence-corrected chi connectivity index (χ2v) is 5.24. The molecule has 1 amide bonds. The van der Waals surface area contributed by atoms with Gasteiger partial charge in [-0.15, -0.1) is 0 Å². The molecule has 20 heavy (non-hydrogen) atoms. The standard InChI is InChI=1S/C14H13F3N2O/c1-9-6-13(7-9,8-18)12(20)19-11-4-2-3-10(5-11)14(15,16)17/h2-5,9H,6-7H2,1H3,(H,19,20). The zero-order valence-electron chi connectivity index (χ0n) is 10.8. The summed E-state index contributed by atoms with van der Waals surface area (Å²) in [5.41, 5.74) is -1.88. The Morgan fingerprint density at radius 2 is 2.10 bits per heavy atom. The van der Waals surface area contributed by atoms with E-state index in [4.69, 9.17) is 5.26 Å². The van der Waals surface area contributed by atoms with Gasteiger partial charge < -0.3 is 5.32 Å². The van der Waals surface area contributed by atoms with Gasteiger partial charge in [0.1, 0.15) is 5.41 Å². The van der Waals surface area contributed by atoms with Crippen LogP contribution in [-0.2, 0) is 11.0 Å². The first kappa shape index (κ1) is 14.4. The van der Waals surface area contributed by atoms with Crippen molar-refractivity contribution >= 4 is 11.6 Å². The zero-order chi connectivity index (χ0) is 15.0. The number of carbonyl (C=O) groups is 1. The molecule has 1 N–H and O–H groups in total. The van der Waals surface area contributed by atoms with Crippen LogP contribution in [0.1, 0.15) is 25.3 Å². The van der Waals surface area contributed by atoms with Crippen molar-refractivity contribution < 1.29 is 18.0 Å². The molecule has 106 valence electrons. The topological polar surface area (TPSA) is 52.9 Å². The van der Waals surface area contributed by atoms with Gasteiger partial charge in [0, 0.05) is 5.69 Å². The van der Waals surface area contributed by atoms with Crippen LogP contribution in [0.5, 0.6) is 0 Å². The van der Waals surface area contributed by atoms with E-state index in [1.54, 1.807) is 0 Å². The van der Waals surface area contributed by atoms with E-state index in [2.05, 4.69) is 5.32 Å². The maximum Gasteiger partial charge on any atom is 0.416 e. The van der Waals surface area contributed by atoms with E-state index in [0.717, 1.165) is 12.1 Å². The lowest BCUT2D eigenvalue weighted by Crippen LogP contribution is -2.45. The Bertz CT molecular complexity index is 569. The summed E-state index contributed by atoms with van der Waals surface area (Å²) < 4.78 is 37.7. The Labute approximate surface area is 114 Å². The quantitative estimate of drug-likeness (QED) is 0.901. The third kappa shape index (κ3) is 2.62. The third-order valence-electron chi connectivity index (χ3n) is 3.49. The van der Waals surface area contributed by atoms with Gasteiger partial charge >= 0.3 is 6.18 Å². The summed E-state index contributed by atoms with van der Waals surface area (Å²) >= 11 is 0. The monoisotopic (exact) mass is 282 g/mol. The van der Waals surface area contributed by atoms with Gasteiger partial charge in [-0.25, -0.2) is 0 Å². The van der Waals surface area contributed by atoms with Crippen molar-refractivity contribution in [3.05, 3.63) is 29.8 Å². The molecular weight excluding hydrogens is 269 g/mol. The molecule has 3 nitrogen and oxygen atoms in total. The summed E-state index contributed by atoms with van der Waals surface area (Å²) in [6.45, 7) is 1.92. The van der Waals surface area contributed by atoms with Gasteiger partial charge in [-0.2, -0.15) is 18.4 Å². The largest absolute Gasteiger partial charge is 0.416 e. The van der Waals surface area contributed by atoms with Crippen molar-refractivity contribution in [2.75, 3.05) is 5.32 Å². The molecule has 0 aliphatic heterocycles. The van der Waals surface area contributed by atoms with E-state index in [1.807, 2.05) is 13.0 Å². The maximum absolute atomic E-state index is 12.6. The van der Waals surface area contributed by atoms with Crippen LogP contribution in [0.2, 0.25) is 0 Å². The van der Waals surface area contributed by atoms with Crippen LogP contribution in [0.3, 0.4) is 0 Å². The molecule has 0 radical (unpaired) electrons. The van der Waals surface area contributed by atoms with E-state index in [-0.39, 0.29) is 11.6 Å². The third-order valence-corrected chi connectivity index (χ3v) is 3.49. The van der Waals surface area contributed by atoms with Gasteiger partial charge in [-0.1, -0.05) is 13.0 Å². The molecule has 2 rings (SSSR count). The predicted octanol–water partition coefficient (Wildman–Crippen LogP) is 3.58. The highest BCUT2D eigenvalue weighted by atomic mass is 19.4. The lowest BCUT2D eigenvalue weighted by molar-refractivity contribution is -0.137. The van der Waals surface area contributed by atoms with Crippen molar-refractivity contribution in [1.82, 2.24) is 0 Å². The number of halogens is 3. The highest BCUT2D eigenvalue weighted by Gasteiger charge is 2.49. The highest BCUT2D eigenvalue weighted by Crippen LogP contribution is 2.45. The molecule has 6 heteroatoms. The summed E-state index contributed by atoms with van der Waals surface area (Å²) in [5, 5.41) is 11.5. The smallest absolute Gasteiger partial charge is 0.325 e.